The van der Waals surface area contributed by atoms with Gasteiger partial charge in [-0.3, -0.25) is 4.98 Å². The lowest BCUT2D eigenvalue weighted by molar-refractivity contribution is -0.00543. The van der Waals surface area contributed by atoms with Crippen molar-refractivity contribution in [3.05, 3.63) is 59.7 Å². The number of carbonyl (C=O) groups excluding carboxylic acids is 1. The summed E-state index contributed by atoms with van der Waals surface area (Å²) < 4.78 is 21.8. The van der Waals surface area contributed by atoms with Crippen LogP contribution in [0.5, 0.6) is 5.75 Å². The zero-order chi connectivity index (χ0) is 20.9. The molecule has 0 radical (unpaired) electrons. The second kappa shape index (κ2) is 6.97. The lowest BCUT2D eigenvalue weighted by atomic mass is 9.82. The Hall–Kier alpha value is -3.15. The zero-order valence-corrected chi connectivity index (χ0v) is 17.0. The molecule has 2 aliphatic heterocycles. The van der Waals surface area contributed by atoms with Gasteiger partial charge in [0, 0.05) is 54.3 Å². The normalized spacial score (nSPS) is 17.6. The summed E-state index contributed by atoms with van der Waals surface area (Å²) in [5.41, 5.74) is 8.10. The maximum absolute atomic E-state index is 15.5. The average molecular weight is 405 g/mol. The molecule has 1 saturated heterocycles. The number of rotatable bonds is 1. The van der Waals surface area contributed by atoms with Gasteiger partial charge in [-0.05, 0) is 55.0 Å². The lowest BCUT2D eigenvalue weighted by Crippen LogP contribution is -2.52. The second-order valence-corrected chi connectivity index (χ2v) is 8.35. The van der Waals surface area contributed by atoms with E-state index >= 15 is 4.39 Å². The van der Waals surface area contributed by atoms with E-state index in [1.54, 1.807) is 17.2 Å². The summed E-state index contributed by atoms with van der Waals surface area (Å²) in [7, 11) is 0. The topological polar surface area (TPSA) is 68.5 Å². The van der Waals surface area contributed by atoms with Crippen LogP contribution in [0.1, 0.15) is 30.5 Å². The highest BCUT2D eigenvalue weighted by molar-refractivity contribution is 5.89. The molecule has 0 saturated carbocycles. The molecule has 3 heterocycles. The highest BCUT2D eigenvalue weighted by Gasteiger charge is 2.41. The molecule has 2 aromatic carbocycles. The number of aromatic nitrogens is 1. The van der Waals surface area contributed by atoms with Crippen LogP contribution in [0.2, 0.25) is 0 Å². The fourth-order valence-corrected chi connectivity index (χ4v) is 4.78. The number of ether oxygens (including phenoxy) is 1. The number of pyridine rings is 1. The number of halogens is 1. The number of urea groups is 1. The van der Waals surface area contributed by atoms with Crippen LogP contribution in [-0.4, -0.2) is 34.6 Å². The van der Waals surface area contributed by atoms with E-state index in [2.05, 4.69) is 4.98 Å². The highest BCUT2D eigenvalue weighted by Crippen LogP contribution is 2.42. The molecular formula is C24H24FN3O2. The fraction of sp³-hybridized carbons (Fsp3) is 0.333. The number of nitrogens with zero attached hydrogens (tertiary/aromatic N) is 2. The van der Waals surface area contributed by atoms with E-state index in [0.717, 1.165) is 41.3 Å². The van der Waals surface area contributed by atoms with Gasteiger partial charge < -0.3 is 15.4 Å². The van der Waals surface area contributed by atoms with Crippen LogP contribution in [-0.2, 0) is 6.42 Å². The Morgan fingerprint density at radius 1 is 1.17 bits per heavy atom. The first-order valence-electron chi connectivity index (χ1n) is 10.4. The van der Waals surface area contributed by atoms with Gasteiger partial charge >= 0.3 is 6.03 Å². The summed E-state index contributed by atoms with van der Waals surface area (Å²) >= 11 is 0. The minimum Gasteiger partial charge on any atom is -0.487 e. The largest absolute Gasteiger partial charge is 0.487 e. The highest BCUT2D eigenvalue weighted by atomic mass is 19.1. The molecule has 6 heteroatoms. The van der Waals surface area contributed by atoms with Gasteiger partial charge in [-0.15, -0.1) is 0 Å². The third kappa shape index (κ3) is 3.07. The molecule has 0 atom stereocenters. The van der Waals surface area contributed by atoms with Crippen molar-refractivity contribution in [1.82, 2.24) is 9.88 Å². The smallest absolute Gasteiger partial charge is 0.314 e. The monoisotopic (exact) mass is 405 g/mol. The van der Waals surface area contributed by atoms with Gasteiger partial charge in [0.2, 0.25) is 0 Å². The van der Waals surface area contributed by atoms with Gasteiger partial charge in [0.25, 0.3) is 0 Å². The van der Waals surface area contributed by atoms with E-state index in [1.165, 1.54) is 0 Å². The number of primary amides is 1. The molecule has 2 N–H and O–H groups in total. The van der Waals surface area contributed by atoms with E-state index in [4.69, 9.17) is 10.5 Å². The molecular weight excluding hydrogens is 381 g/mol. The molecule has 154 valence electrons. The number of fused-ring (bicyclic) bond motifs is 2. The number of benzene rings is 2. The van der Waals surface area contributed by atoms with Gasteiger partial charge in [0.15, 0.2) is 0 Å². The number of likely N-dealkylation sites (tertiary alicyclic amines) is 1. The number of piperidine rings is 1. The Labute approximate surface area is 174 Å². The van der Waals surface area contributed by atoms with Crippen molar-refractivity contribution in [3.8, 4) is 16.9 Å². The van der Waals surface area contributed by atoms with Crippen molar-refractivity contribution in [2.24, 2.45) is 5.73 Å². The SMILES string of the molecule is Cc1nccc2cc(-c3ccc4c(c3F)CCC3(CCN(C(N)=O)CC3)O4)ccc12. The second-order valence-electron chi connectivity index (χ2n) is 8.35. The molecule has 30 heavy (non-hydrogen) atoms. The fourth-order valence-electron chi connectivity index (χ4n) is 4.78. The molecule has 5 rings (SSSR count). The Morgan fingerprint density at radius 2 is 1.97 bits per heavy atom. The number of hydrogen-bond donors (Lipinski definition) is 1. The van der Waals surface area contributed by atoms with Crippen molar-refractivity contribution in [1.29, 1.82) is 0 Å². The van der Waals surface area contributed by atoms with Crippen LogP contribution >= 0.6 is 0 Å². The first kappa shape index (κ1) is 18.9. The summed E-state index contributed by atoms with van der Waals surface area (Å²) in [6.07, 6.45) is 4.59. The molecule has 0 bridgehead atoms. The van der Waals surface area contributed by atoms with Crippen LogP contribution < -0.4 is 10.5 Å². The van der Waals surface area contributed by atoms with Crippen LogP contribution in [0.15, 0.2) is 42.6 Å². The van der Waals surface area contributed by atoms with Crippen LogP contribution in [0, 0.1) is 12.7 Å². The van der Waals surface area contributed by atoms with E-state index in [-0.39, 0.29) is 11.4 Å². The van der Waals surface area contributed by atoms with Crippen LogP contribution in [0.3, 0.4) is 0 Å². The number of amides is 2. The minimum absolute atomic E-state index is 0.206. The van der Waals surface area contributed by atoms with Crippen LogP contribution in [0.25, 0.3) is 21.9 Å². The summed E-state index contributed by atoms with van der Waals surface area (Å²) in [6.45, 7) is 3.13. The standard InChI is InChI=1S/C24H24FN3O2/c1-15-18-3-2-16(14-17(18)7-11-27-15)19-4-5-21-20(22(19)25)6-8-24(30-21)9-12-28(13-10-24)23(26)29/h2-5,7,11,14H,6,8-10,12-13H2,1H3,(H2,26,29). The Balaban J connectivity index is 1.45. The predicted molar refractivity (Wildman–Crippen MR) is 114 cm³/mol. The molecule has 2 aliphatic rings. The quantitative estimate of drug-likeness (QED) is 0.644. The maximum Gasteiger partial charge on any atom is 0.314 e. The molecule has 2 amide bonds. The predicted octanol–water partition coefficient (Wildman–Crippen LogP) is 4.59. The Morgan fingerprint density at radius 3 is 2.73 bits per heavy atom. The zero-order valence-electron chi connectivity index (χ0n) is 17.0. The van der Waals surface area contributed by atoms with E-state index in [9.17, 15) is 4.79 Å². The van der Waals surface area contributed by atoms with Crippen molar-refractivity contribution in [2.75, 3.05) is 13.1 Å². The Bertz CT molecular complexity index is 1150. The third-order valence-electron chi connectivity index (χ3n) is 6.62. The van der Waals surface area contributed by atoms with Gasteiger partial charge in [0.1, 0.15) is 17.2 Å². The summed E-state index contributed by atoms with van der Waals surface area (Å²) in [5, 5.41) is 2.13. The molecule has 0 unspecified atom stereocenters. The van der Waals surface area contributed by atoms with Crippen molar-refractivity contribution >= 4 is 16.8 Å². The molecule has 1 aromatic heterocycles. The Kier molecular flexibility index (Phi) is 4.38. The average Bonchev–Trinajstić information content (AvgIpc) is 2.74. The molecule has 5 nitrogen and oxygen atoms in total. The number of nitrogens with two attached hydrogens (primary N) is 1. The van der Waals surface area contributed by atoms with Crippen molar-refractivity contribution < 1.29 is 13.9 Å². The van der Waals surface area contributed by atoms with E-state index in [0.29, 0.717) is 36.4 Å². The first-order chi connectivity index (χ1) is 14.5. The minimum atomic E-state index is -0.391. The molecule has 0 aliphatic carbocycles. The van der Waals surface area contributed by atoms with Gasteiger partial charge in [-0.1, -0.05) is 12.1 Å². The van der Waals surface area contributed by atoms with Crippen molar-refractivity contribution in [2.45, 2.75) is 38.2 Å². The van der Waals surface area contributed by atoms with Gasteiger partial charge in [-0.25, -0.2) is 9.18 Å². The lowest BCUT2D eigenvalue weighted by Gasteiger charge is -2.44. The summed E-state index contributed by atoms with van der Waals surface area (Å²) in [6, 6.07) is 11.2. The van der Waals surface area contributed by atoms with E-state index in [1.807, 2.05) is 37.3 Å². The maximum atomic E-state index is 15.5. The summed E-state index contributed by atoms with van der Waals surface area (Å²) in [5.74, 6) is 0.415. The van der Waals surface area contributed by atoms with Crippen LogP contribution in [0.4, 0.5) is 9.18 Å². The summed E-state index contributed by atoms with van der Waals surface area (Å²) in [4.78, 5) is 17.4. The molecule has 1 fully saturated rings. The molecule has 3 aromatic rings. The number of hydrogen-bond acceptors (Lipinski definition) is 3. The molecule has 1 spiro atoms. The van der Waals surface area contributed by atoms with Gasteiger partial charge in [0.05, 0.1) is 0 Å². The van der Waals surface area contributed by atoms with Crippen molar-refractivity contribution in [3.63, 3.8) is 0 Å². The van der Waals surface area contributed by atoms with E-state index < -0.39 is 6.03 Å². The van der Waals surface area contributed by atoms with Gasteiger partial charge in [-0.2, -0.15) is 0 Å². The first-order valence-corrected chi connectivity index (χ1v) is 10.4. The number of aryl methyl sites for hydroxylation is 1. The third-order valence-corrected chi connectivity index (χ3v) is 6.62. The number of carbonyl (C=O) groups is 1.